The molecule has 5 nitrogen and oxygen atoms in total. The first-order valence-electron chi connectivity index (χ1n) is 6.02. The van der Waals surface area contributed by atoms with Crippen molar-refractivity contribution in [1.82, 2.24) is 9.88 Å². The summed E-state index contributed by atoms with van der Waals surface area (Å²) in [5.41, 5.74) is 1.82. The largest absolute Gasteiger partial charge is 0.367 e. The van der Waals surface area contributed by atoms with E-state index in [1.807, 2.05) is 23.2 Å². The second-order valence-corrected chi connectivity index (χ2v) is 4.23. The highest BCUT2D eigenvalue weighted by Gasteiger charge is 2.18. The van der Waals surface area contributed by atoms with E-state index in [1.54, 1.807) is 14.0 Å². The zero-order valence-corrected chi connectivity index (χ0v) is 10.8. The van der Waals surface area contributed by atoms with Gasteiger partial charge < -0.3 is 9.80 Å². The number of aromatic nitrogens is 1. The molecule has 0 unspecified atom stereocenters. The van der Waals surface area contributed by atoms with Crippen molar-refractivity contribution >= 4 is 11.6 Å². The molecule has 18 heavy (non-hydrogen) atoms. The number of pyridine rings is 1. The minimum atomic E-state index is 0.150. The number of piperazine rings is 1. The first-order valence-corrected chi connectivity index (χ1v) is 6.02. The number of nitrogens with zero attached hydrogens (tertiary/aromatic N) is 4. The molecule has 0 N–H and O–H groups in total. The standard InChI is InChI=1S/C13H17N4O/c1-11(18)16-5-7-17(8-6-16)13-4-3-12(9-14-2)15-10-13/h3-4,10H,5-8H2,1-2H3/q+1. The molecule has 2 heterocycles. The fourth-order valence-corrected chi connectivity index (χ4v) is 2.03. The van der Waals surface area contributed by atoms with E-state index in [-0.39, 0.29) is 5.91 Å². The fourth-order valence-electron chi connectivity index (χ4n) is 2.03. The molecule has 1 aliphatic rings. The van der Waals surface area contributed by atoms with Crippen molar-refractivity contribution in [3.05, 3.63) is 28.9 Å². The zero-order valence-electron chi connectivity index (χ0n) is 10.8. The van der Waals surface area contributed by atoms with Crippen LogP contribution in [0.1, 0.15) is 12.6 Å². The first-order chi connectivity index (χ1) is 8.70. The topological polar surface area (TPSA) is 40.8 Å². The van der Waals surface area contributed by atoms with Gasteiger partial charge in [-0.3, -0.25) is 4.79 Å². The Hall–Kier alpha value is -2.09. The maximum Gasteiger partial charge on any atom is 0.330 e. The minimum absolute atomic E-state index is 0.150. The molecular formula is C13H17N4O+. The van der Waals surface area contributed by atoms with Gasteiger partial charge in [0.15, 0.2) is 5.69 Å². The summed E-state index contributed by atoms with van der Waals surface area (Å²) in [6, 6.07) is 6.72. The number of anilines is 1. The third-order valence-electron chi connectivity index (χ3n) is 3.06. The van der Waals surface area contributed by atoms with Crippen LogP contribution in [-0.4, -0.2) is 49.0 Å². The average Bonchev–Trinajstić information content (AvgIpc) is 2.40. The number of rotatable bonds is 1. The van der Waals surface area contributed by atoms with Crippen molar-refractivity contribution < 1.29 is 4.79 Å². The molecule has 0 saturated carbocycles. The van der Waals surface area contributed by atoms with Gasteiger partial charge in [0.1, 0.15) is 0 Å². The van der Waals surface area contributed by atoms with Crippen LogP contribution in [0.5, 0.6) is 0 Å². The van der Waals surface area contributed by atoms with Gasteiger partial charge in [0, 0.05) is 33.1 Å². The first kappa shape index (κ1) is 12.4. The SMILES string of the molecule is C[N+]#Cc1ccc(N2CCN(C(C)=O)CC2)cn1. The summed E-state index contributed by atoms with van der Waals surface area (Å²) in [5, 5.41) is 0. The molecule has 0 aromatic carbocycles. The predicted octanol–water partition coefficient (Wildman–Crippen LogP) is 1.06. The van der Waals surface area contributed by atoms with Gasteiger partial charge in [-0.05, 0) is 12.1 Å². The number of carbonyl (C=O) groups is 1. The Bertz CT molecular complexity index is 478. The van der Waals surface area contributed by atoms with E-state index in [0.717, 1.165) is 37.6 Å². The van der Waals surface area contributed by atoms with Crippen molar-refractivity contribution in [2.75, 3.05) is 38.1 Å². The van der Waals surface area contributed by atoms with Crippen molar-refractivity contribution in [2.24, 2.45) is 0 Å². The molecule has 0 radical (unpaired) electrons. The van der Waals surface area contributed by atoms with Crippen LogP contribution in [0.15, 0.2) is 18.3 Å². The average molecular weight is 245 g/mol. The molecule has 0 bridgehead atoms. The molecule has 1 aromatic heterocycles. The summed E-state index contributed by atoms with van der Waals surface area (Å²) in [6.45, 7) is 4.88. The van der Waals surface area contributed by atoms with Crippen LogP contribution in [0.3, 0.4) is 0 Å². The van der Waals surface area contributed by atoms with Crippen LogP contribution in [0.25, 0.3) is 4.85 Å². The van der Waals surface area contributed by atoms with Crippen molar-refractivity contribution in [2.45, 2.75) is 6.92 Å². The lowest BCUT2D eigenvalue weighted by atomic mass is 10.2. The number of hydrogen-bond donors (Lipinski definition) is 0. The zero-order chi connectivity index (χ0) is 13.0. The van der Waals surface area contributed by atoms with E-state index in [9.17, 15) is 4.79 Å². The van der Waals surface area contributed by atoms with E-state index >= 15 is 0 Å². The minimum Gasteiger partial charge on any atom is -0.367 e. The van der Waals surface area contributed by atoms with Gasteiger partial charge >= 0.3 is 6.07 Å². The molecule has 94 valence electrons. The van der Waals surface area contributed by atoms with Gasteiger partial charge in [-0.15, -0.1) is 0 Å². The molecule has 2 rings (SSSR count). The molecule has 1 amide bonds. The molecule has 5 heteroatoms. The van der Waals surface area contributed by atoms with Crippen LogP contribution in [0.2, 0.25) is 0 Å². The molecule has 0 spiro atoms. The van der Waals surface area contributed by atoms with E-state index in [1.165, 1.54) is 0 Å². The smallest absolute Gasteiger partial charge is 0.330 e. The van der Waals surface area contributed by atoms with Crippen LogP contribution in [0.4, 0.5) is 5.69 Å². The maximum absolute atomic E-state index is 11.2. The highest BCUT2D eigenvalue weighted by Crippen LogP contribution is 2.15. The number of hydrogen-bond acceptors (Lipinski definition) is 3. The lowest BCUT2D eigenvalue weighted by Gasteiger charge is -2.35. The molecule has 0 aliphatic carbocycles. The number of amides is 1. The third kappa shape index (κ3) is 2.77. The summed E-state index contributed by atoms with van der Waals surface area (Å²) < 4.78 is 0. The van der Waals surface area contributed by atoms with Gasteiger partial charge in [-0.1, -0.05) is 4.85 Å². The summed E-state index contributed by atoms with van der Waals surface area (Å²) >= 11 is 0. The summed E-state index contributed by atoms with van der Waals surface area (Å²) in [7, 11) is 1.68. The Kier molecular flexibility index (Phi) is 3.78. The van der Waals surface area contributed by atoms with Gasteiger partial charge in [-0.2, -0.15) is 0 Å². The summed E-state index contributed by atoms with van der Waals surface area (Å²) in [5.74, 6) is 0.150. The van der Waals surface area contributed by atoms with Crippen molar-refractivity contribution in [1.29, 1.82) is 0 Å². The second kappa shape index (κ2) is 5.50. The molecule has 1 fully saturated rings. The lowest BCUT2D eigenvalue weighted by Crippen LogP contribution is -2.48. The Morgan fingerprint density at radius 2 is 2.06 bits per heavy atom. The molecular weight excluding hydrogens is 228 g/mol. The van der Waals surface area contributed by atoms with Crippen molar-refractivity contribution in [3.63, 3.8) is 0 Å². The highest BCUT2D eigenvalue weighted by atomic mass is 16.2. The van der Waals surface area contributed by atoms with E-state index in [4.69, 9.17) is 0 Å². The maximum atomic E-state index is 11.2. The monoisotopic (exact) mass is 245 g/mol. The number of carbonyl (C=O) groups excluding carboxylic acids is 1. The Morgan fingerprint density at radius 3 is 2.56 bits per heavy atom. The van der Waals surface area contributed by atoms with Gasteiger partial charge in [0.05, 0.1) is 11.9 Å². The highest BCUT2D eigenvalue weighted by molar-refractivity contribution is 5.73. The van der Waals surface area contributed by atoms with Crippen molar-refractivity contribution in [3.8, 4) is 6.07 Å². The summed E-state index contributed by atoms with van der Waals surface area (Å²) in [4.78, 5) is 23.4. The van der Waals surface area contributed by atoms with Crippen LogP contribution in [-0.2, 0) is 4.79 Å². The fraction of sp³-hybridized carbons (Fsp3) is 0.462. The van der Waals surface area contributed by atoms with E-state index in [0.29, 0.717) is 0 Å². The van der Waals surface area contributed by atoms with Gasteiger partial charge in [-0.25, -0.2) is 4.98 Å². The summed E-state index contributed by atoms with van der Waals surface area (Å²) in [6.07, 6.45) is 1.83. The van der Waals surface area contributed by atoms with Crippen LogP contribution < -0.4 is 4.90 Å². The van der Waals surface area contributed by atoms with Gasteiger partial charge in [0.25, 0.3) is 7.05 Å². The second-order valence-electron chi connectivity index (χ2n) is 4.23. The normalized spacial score (nSPS) is 15.0. The van der Waals surface area contributed by atoms with Gasteiger partial charge in [0.2, 0.25) is 5.91 Å². The van der Waals surface area contributed by atoms with Crippen LogP contribution in [0, 0.1) is 6.07 Å². The Labute approximate surface area is 107 Å². The molecule has 0 atom stereocenters. The molecule has 1 saturated heterocycles. The Morgan fingerprint density at radius 1 is 1.33 bits per heavy atom. The predicted molar refractivity (Wildman–Crippen MR) is 71.0 cm³/mol. The third-order valence-corrected chi connectivity index (χ3v) is 3.06. The molecule has 1 aliphatic heterocycles. The van der Waals surface area contributed by atoms with E-state index < -0.39 is 0 Å². The van der Waals surface area contributed by atoms with E-state index in [2.05, 4.69) is 20.8 Å². The lowest BCUT2D eigenvalue weighted by molar-refractivity contribution is -0.129. The van der Waals surface area contributed by atoms with Crippen LogP contribution >= 0.6 is 0 Å². The molecule has 1 aromatic rings. The Balaban J connectivity index is 2.00. The quantitative estimate of drug-likeness (QED) is 0.743.